The van der Waals surface area contributed by atoms with Crippen molar-refractivity contribution in [1.82, 2.24) is 19.9 Å². The average Bonchev–Trinajstić information content (AvgIpc) is 2.40. The molecule has 1 saturated heterocycles. The molecule has 1 aromatic rings. The van der Waals surface area contributed by atoms with E-state index in [0.29, 0.717) is 24.4 Å². The van der Waals surface area contributed by atoms with Gasteiger partial charge in [-0.05, 0) is 25.8 Å². The summed E-state index contributed by atoms with van der Waals surface area (Å²) in [6.07, 6.45) is 4.34. The van der Waals surface area contributed by atoms with Crippen molar-refractivity contribution in [1.29, 1.82) is 0 Å². The lowest BCUT2D eigenvalue weighted by molar-refractivity contribution is 0.110. The van der Waals surface area contributed by atoms with Crippen LogP contribution in [-0.4, -0.2) is 58.2 Å². The van der Waals surface area contributed by atoms with Crippen LogP contribution in [-0.2, 0) is 6.54 Å². The molecule has 0 amide bonds. The van der Waals surface area contributed by atoms with Crippen molar-refractivity contribution in [2.45, 2.75) is 38.3 Å². The van der Waals surface area contributed by atoms with Gasteiger partial charge in [0.2, 0.25) is 11.9 Å². The van der Waals surface area contributed by atoms with E-state index < -0.39 is 0 Å². The first-order valence-electron chi connectivity index (χ1n) is 7.13. The molecule has 0 spiro atoms. The fourth-order valence-corrected chi connectivity index (χ4v) is 2.62. The first-order chi connectivity index (χ1) is 9.60. The lowest BCUT2D eigenvalue weighted by Crippen LogP contribution is -2.40. The van der Waals surface area contributed by atoms with E-state index >= 15 is 0 Å². The predicted octanol–water partition coefficient (Wildman–Crippen LogP) is 0.257. The van der Waals surface area contributed by atoms with Crippen molar-refractivity contribution < 1.29 is 5.11 Å². The quantitative estimate of drug-likeness (QED) is 0.799. The zero-order chi connectivity index (χ0) is 14.5. The van der Waals surface area contributed by atoms with E-state index in [1.165, 1.54) is 12.8 Å². The number of aliphatic hydroxyl groups excluding tert-OH is 1. The number of hydrogen-bond acceptors (Lipinski definition) is 7. The van der Waals surface area contributed by atoms with Crippen molar-refractivity contribution in [2.75, 3.05) is 37.9 Å². The summed E-state index contributed by atoms with van der Waals surface area (Å²) >= 11 is 0. The monoisotopic (exact) mass is 280 g/mol. The largest absolute Gasteiger partial charge is 0.396 e. The molecule has 1 aromatic heterocycles. The van der Waals surface area contributed by atoms with Gasteiger partial charge in [-0.2, -0.15) is 15.0 Å². The highest BCUT2D eigenvalue weighted by molar-refractivity contribution is 5.32. The number of rotatable bonds is 5. The molecule has 0 bridgehead atoms. The Bertz CT molecular complexity index is 437. The topological polar surface area (TPSA) is 91.4 Å². The van der Waals surface area contributed by atoms with Crippen LogP contribution in [0, 0.1) is 0 Å². The second-order valence-corrected chi connectivity index (χ2v) is 5.44. The number of nitrogen functional groups attached to an aromatic ring is 1. The van der Waals surface area contributed by atoms with Crippen LogP contribution in [0.3, 0.4) is 0 Å². The Morgan fingerprint density at radius 3 is 2.80 bits per heavy atom. The zero-order valence-corrected chi connectivity index (χ0v) is 12.3. The van der Waals surface area contributed by atoms with Crippen LogP contribution in [0.25, 0.3) is 0 Å². The summed E-state index contributed by atoms with van der Waals surface area (Å²) in [4.78, 5) is 16.9. The molecule has 1 unspecified atom stereocenters. The Balaban J connectivity index is 2.11. The second-order valence-electron chi connectivity index (χ2n) is 5.44. The van der Waals surface area contributed by atoms with Crippen molar-refractivity contribution >= 4 is 11.9 Å². The standard InChI is InChI=1S/C13H24N6O/c1-18(2)13-16-11(15-12(14)17-13)9-19-7-4-3-5-10(19)6-8-20/h10,20H,3-9H2,1-2H3,(H2,14,15,16,17). The summed E-state index contributed by atoms with van der Waals surface area (Å²) in [5.74, 6) is 1.55. The van der Waals surface area contributed by atoms with Crippen LogP contribution in [0.4, 0.5) is 11.9 Å². The third-order valence-corrected chi connectivity index (χ3v) is 3.64. The number of aliphatic hydroxyl groups is 1. The van der Waals surface area contributed by atoms with E-state index in [-0.39, 0.29) is 12.6 Å². The van der Waals surface area contributed by atoms with Gasteiger partial charge < -0.3 is 15.7 Å². The van der Waals surface area contributed by atoms with Crippen LogP contribution in [0.1, 0.15) is 31.5 Å². The number of anilines is 2. The summed E-state index contributed by atoms with van der Waals surface area (Å²) < 4.78 is 0. The van der Waals surface area contributed by atoms with E-state index in [0.717, 1.165) is 19.4 Å². The second kappa shape index (κ2) is 6.81. The maximum absolute atomic E-state index is 9.17. The summed E-state index contributed by atoms with van der Waals surface area (Å²) in [7, 11) is 3.77. The zero-order valence-electron chi connectivity index (χ0n) is 12.3. The summed E-state index contributed by atoms with van der Waals surface area (Å²) in [6, 6.07) is 0.412. The molecule has 2 rings (SSSR count). The van der Waals surface area contributed by atoms with Crippen LogP contribution in [0.5, 0.6) is 0 Å². The van der Waals surface area contributed by atoms with Crippen LogP contribution < -0.4 is 10.6 Å². The van der Waals surface area contributed by atoms with Gasteiger partial charge >= 0.3 is 0 Å². The highest BCUT2D eigenvalue weighted by atomic mass is 16.3. The summed E-state index contributed by atoms with van der Waals surface area (Å²) in [5, 5.41) is 9.17. The molecule has 0 aromatic carbocycles. The van der Waals surface area contributed by atoms with E-state index in [9.17, 15) is 0 Å². The molecule has 0 saturated carbocycles. The minimum absolute atomic E-state index is 0.226. The van der Waals surface area contributed by atoms with Crippen molar-refractivity contribution in [3.8, 4) is 0 Å². The lowest BCUT2D eigenvalue weighted by Gasteiger charge is -2.35. The molecule has 0 radical (unpaired) electrons. The first kappa shape index (κ1) is 14.9. The van der Waals surface area contributed by atoms with Gasteiger partial charge in [-0.1, -0.05) is 6.42 Å². The van der Waals surface area contributed by atoms with E-state index in [1.54, 1.807) is 0 Å². The van der Waals surface area contributed by atoms with Gasteiger partial charge in [-0.15, -0.1) is 0 Å². The molecule has 20 heavy (non-hydrogen) atoms. The minimum atomic E-state index is 0.226. The Kier molecular flexibility index (Phi) is 5.08. The Morgan fingerprint density at radius 1 is 1.30 bits per heavy atom. The van der Waals surface area contributed by atoms with Crippen molar-refractivity contribution in [3.05, 3.63) is 5.82 Å². The molecular formula is C13H24N6O. The van der Waals surface area contributed by atoms with Gasteiger partial charge in [0.05, 0.1) is 6.54 Å². The minimum Gasteiger partial charge on any atom is -0.396 e. The van der Waals surface area contributed by atoms with Crippen LogP contribution in [0.15, 0.2) is 0 Å². The predicted molar refractivity (Wildman–Crippen MR) is 78.3 cm³/mol. The Labute approximate surface area is 119 Å². The molecule has 0 aliphatic carbocycles. The van der Waals surface area contributed by atoms with E-state index in [4.69, 9.17) is 10.8 Å². The van der Waals surface area contributed by atoms with Gasteiger partial charge in [0.1, 0.15) is 5.82 Å². The molecular weight excluding hydrogens is 256 g/mol. The van der Waals surface area contributed by atoms with Gasteiger partial charge in [0, 0.05) is 26.7 Å². The molecule has 3 N–H and O–H groups in total. The van der Waals surface area contributed by atoms with Crippen LogP contribution in [0.2, 0.25) is 0 Å². The van der Waals surface area contributed by atoms with E-state index in [1.807, 2.05) is 19.0 Å². The molecule has 1 atom stereocenters. The summed E-state index contributed by atoms with van der Waals surface area (Å²) in [5.41, 5.74) is 5.75. The fourth-order valence-electron chi connectivity index (χ4n) is 2.62. The molecule has 7 nitrogen and oxygen atoms in total. The van der Waals surface area contributed by atoms with Gasteiger partial charge in [-0.3, -0.25) is 4.90 Å². The number of nitrogens with zero attached hydrogens (tertiary/aromatic N) is 5. The van der Waals surface area contributed by atoms with Crippen molar-refractivity contribution in [2.24, 2.45) is 0 Å². The molecule has 2 heterocycles. The number of nitrogens with two attached hydrogens (primary N) is 1. The Hall–Kier alpha value is -1.47. The molecule has 1 fully saturated rings. The van der Waals surface area contributed by atoms with Gasteiger partial charge in [0.15, 0.2) is 0 Å². The first-order valence-corrected chi connectivity index (χ1v) is 7.13. The fraction of sp³-hybridized carbons (Fsp3) is 0.769. The average molecular weight is 280 g/mol. The highest BCUT2D eigenvalue weighted by Crippen LogP contribution is 2.21. The SMILES string of the molecule is CN(C)c1nc(N)nc(CN2CCCCC2CCO)n1. The maximum Gasteiger partial charge on any atom is 0.229 e. The molecule has 7 heteroatoms. The Morgan fingerprint density at radius 2 is 2.10 bits per heavy atom. The van der Waals surface area contributed by atoms with Gasteiger partial charge in [0.25, 0.3) is 0 Å². The number of likely N-dealkylation sites (tertiary alicyclic amines) is 1. The van der Waals surface area contributed by atoms with Crippen molar-refractivity contribution in [3.63, 3.8) is 0 Å². The third kappa shape index (κ3) is 3.77. The summed E-state index contributed by atoms with van der Waals surface area (Å²) in [6.45, 7) is 1.91. The maximum atomic E-state index is 9.17. The smallest absolute Gasteiger partial charge is 0.229 e. The highest BCUT2D eigenvalue weighted by Gasteiger charge is 2.23. The van der Waals surface area contributed by atoms with E-state index in [2.05, 4.69) is 19.9 Å². The van der Waals surface area contributed by atoms with Crippen LogP contribution >= 0.6 is 0 Å². The number of hydrogen-bond donors (Lipinski definition) is 2. The third-order valence-electron chi connectivity index (χ3n) is 3.64. The normalized spacial score (nSPS) is 20.1. The molecule has 112 valence electrons. The number of piperidine rings is 1. The molecule has 1 aliphatic heterocycles. The lowest BCUT2D eigenvalue weighted by atomic mass is 10.00. The molecule has 1 aliphatic rings. The number of aromatic nitrogens is 3. The van der Waals surface area contributed by atoms with Gasteiger partial charge in [-0.25, -0.2) is 0 Å².